The number of carbonyl (C=O) groups is 2. The van der Waals surface area contributed by atoms with Gasteiger partial charge in [0.2, 0.25) is 0 Å². The van der Waals surface area contributed by atoms with Gasteiger partial charge in [0.05, 0.1) is 5.56 Å². The van der Waals surface area contributed by atoms with E-state index in [1.54, 1.807) is 11.9 Å². The second-order valence-electron chi connectivity index (χ2n) is 7.26. The molecule has 25 heavy (non-hydrogen) atoms. The number of benzene rings is 1. The molecular formula is C18H25N3NaO3. The Balaban J connectivity index is 0.00000225. The van der Waals surface area contributed by atoms with Crippen LogP contribution >= 0.6 is 0 Å². The topological polar surface area (TPSA) is 86.9 Å². The zero-order chi connectivity index (χ0) is 17.6. The smallest absolute Gasteiger partial charge is 0.324 e. The van der Waals surface area contributed by atoms with Crippen LogP contribution in [0.4, 0.5) is 5.69 Å². The van der Waals surface area contributed by atoms with Gasteiger partial charge in [-0.2, -0.15) is 0 Å². The Labute approximate surface area is 170 Å². The molecule has 1 fully saturated rings. The third-order valence-corrected chi connectivity index (χ3v) is 5.84. The number of nitrogens with zero attached hydrogens (tertiary/aromatic N) is 2. The number of fused-ring (bicyclic) bond motifs is 1. The van der Waals surface area contributed by atoms with Crippen LogP contribution < -0.4 is 5.73 Å². The Bertz CT molecular complexity index is 697. The summed E-state index contributed by atoms with van der Waals surface area (Å²) >= 11 is 0. The molecule has 0 saturated heterocycles. The second-order valence-corrected chi connectivity index (χ2v) is 7.26. The van der Waals surface area contributed by atoms with Crippen LogP contribution in [0.3, 0.4) is 0 Å². The van der Waals surface area contributed by atoms with Crippen LogP contribution in [0, 0.1) is 0 Å². The number of nitrogens with two attached hydrogens (primary N) is 1. The first-order chi connectivity index (χ1) is 11.3. The van der Waals surface area contributed by atoms with Crippen LogP contribution in [0.15, 0.2) is 12.1 Å². The molecule has 2 aliphatic rings. The van der Waals surface area contributed by atoms with Crippen molar-refractivity contribution in [2.75, 3.05) is 26.9 Å². The molecule has 1 amide bonds. The summed E-state index contributed by atoms with van der Waals surface area (Å²) in [5.74, 6) is -0.484. The van der Waals surface area contributed by atoms with Crippen molar-refractivity contribution in [2.45, 2.75) is 43.7 Å². The van der Waals surface area contributed by atoms with Gasteiger partial charge in [-0.1, -0.05) is 6.07 Å². The van der Waals surface area contributed by atoms with Crippen molar-refractivity contribution in [3.8, 4) is 0 Å². The van der Waals surface area contributed by atoms with Gasteiger partial charge in [0.15, 0.2) is 0 Å². The molecule has 1 heterocycles. The van der Waals surface area contributed by atoms with Crippen molar-refractivity contribution in [3.05, 3.63) is 28.8 Å². The minimum Gasteiger partial charge on any atom is -0.480 e. The molecule has 0 unspecified atom stereocenters. The minimum absolute atomic E-state index is 0. The molecule has 0 atom stereocenters. The minimum atomic E-state index is -0.778. The largest absolute Gasteiger partial charge is 0.480 e. The summed E-state index contributed by atoms with van der Waals surface area (Å²) in [4.78, 5) is 27.6. The number of likely N-dealkylation sites (N-methyl/N-ethyl adjacent to an activating group) is 1. The van der Waals surface area contributed by atoms with Crippen molar-refractivity contribution in [2.24, 2.45) is 0 Å². The van der Waals surface area contributed by atoms with Gasteiger partial charge < -0.3 is 15.7 Å². The number of hydrogen-bond donors (Lipinski definition) is 2. The van der Waals surface area contributed by atoms with E-state index in [-0.39, 0.29) is 41.4 Å². The maximum Gasteiger partial charge on any atom is 0.324 e. The van der Waals surface area contributed by atoms with E-state index in [1.165, 1.54) is 0 Å². The number of amides is 1. The first kappa shape index (κ1) is 20.2. The van der Waals surface area contributed by atoms with E-state index >= 15 is 0 Å². The molecule has 1 aromatic rings. The summed E-state index contributed by atoms with van der Waals surface area (Å²) in [6, 6.07) is 3.84. The molecule has 131 valence electrons. The Morgan fingerprint density at radius 3 is 2.44 bits per heavy atom. The van der Waals surface area contributed by atoms with E-state index in [9.17, 15) is 14.7 Å². The molecule has 0 spiro atoms. The summed E-state index contributed by atoms with van der Waals surface area (Å²) in [6.45, 7) is 0.586. The summed E-state index contributed by atoms with van der Waals surface area (Å²) in [7, 11) is 5.46. The van der Waals surface area contributed by atoms with Gasteiger partial charge in [0.1, 0.15) is 5.54 Å². The molecule has 1 aliphatic heterocycles. The number of hydrogen-bond acceptors (Lipinski definition) is 4. The monoisotopic (exact) mass is 354 g/mol. The number of anilines is 1. The summed E-state index contributed by atoms with van der Waals surface area (Å²) in [5, 5.41) is 9.67. The quantitative estimate of drug-likeness (QED) is 0.635. The van der Waals surface area contributed by atoms with Gasteiger partial charge >= 0.3 is 5.97 Å². The van der Waals surface area contributed by atoms with Gasteiger partial charge in [0, 0.05) is 48.8 Å². The van der Waals surface area contributed by atoms with Crippen molar-refractivity contribution in [3.63, 3.8) is 0 Å². The predicted octanol–water partition coefficient (Wildman–Crippen LogP) is 1.52. The Morgan fingerprint density at radius 1 is 1.32 bits per heavy atom. The van der Waals surface area contributed by atoms with E-state index in [4.69, 9.17) is 5.73 Å². The summed E-state index contributed by atoms with van der Waals surface area (Å²) in [6.07, 6.45) is 2.84. The second kappa shape index (κ2) is 7.27. The average molecular weight is 354 g/mol. The van der Waals surface area contributed by atoms with E-state index in [2.05, 4.69) is 0 Å². The Kier molecular flexibility index (Phi) is 5.88. The van der Waals surface area contributed by atoms with Crippen molar-refractivity contribution >= 4 is 47.1 Å². The fraction of sp³-hybridized carbons (Fsp3) is 0.556. The van der Waals surface area contributed by atoms with Crippen LogP contribution in [-0.4, -0.2) is 83.0 Å². The van der Waals surface area contributed by atoms with Crippen LogP contribution in [0.5, 0.6) is 0 Å². The summed E-state index contributed by atoms with van der Waals surface area (Å²) in [5.41, 5.74) is 8.60. The number of carboxylic acid groups (broad SMARTS) is 1. The van der Waals surface area contributed by atoms with Crippen molar-refractivity contribution in [1.29, 1.82) is 0 Å². The van der Waals surface area contributed by atoms with E-state index in [1.807, 2.05) is 31.1 Å². The number of aliphatic carboxylic acids is 1. The third-order valence-electron chi connectivity index (χ3n) is 5.84. The molecule has 1 saturated carbocycles. The fourth-order valence-electron chi connectivity index (χ4n) is 4.25. The molecule has 7 heteroatoms. The SMILES string of the molecule is CN1Cc2c(C3CCC(C(=O)O)(N(C)C)CC3)ccc(N)c2C1=O.[Na]. The molecular weight excluding hydrogens is 329 g/mol. The van der Waals surface area contributed by atoms with Crippen molar-refractivity contribution < 1.29 is 14.7 Å². The molecule has 1 aromatic carbocycles. The van der Waals surface area contributed by atoms with Gasteiger partial charge in [-0.25, -0.2) is 0 Å². The van der Waals surface area contributed by atoms with Gasteiger partial charge in [-0.15, -0.1) is 0 Å². The van der Waals surface area contributed by atoms with Crippen LogP contribution in [-0.2, 0) is 11.3 Å². The molecule has 3 N–H and O–H groups in total. The molecule has 1 aliphatic carbocycles. The first-order valence-corrected chi connectivity index (χ1v) is 8.35. The number of rotatable bonds is 3. The zero-order valence-electron chi connectivity index (χ0n) is 15.5. The molecule has 0 bridgehead atoms. The van der Waals surface area contributed by atoms with Crippen LogP contribution in [0.1, 0.15) is 53.1 Å². The number of carbonyl (C=O) groups excluding carboxylic acids is 1. The average Bonchev–Trinajstić information content (AvgIpc) is 2.84. The van der Waals surface area contributed by atoms with Crippen LogP contribution in [0.25, 0.3) is 0 Å². The number of carboxylic acids is 1. The van der Waals surface area contributed by atoms with Crippen LogP contribution in [0.2, 0.25) is 0 Å². The molecule has 0 aromatic heterocycles. The first-order valence-electron chi connectivity index (χ1n) is 8.35. The summed E-state index contributed by atoms with van der Waals surface area (Å²) < 4.78 is 0. The van der Waals surface area contributed by atoms with E-state index in [0.717, 1.165) is 24.0 Å². The molecule has 1 radical (unpaired) electrons. The number of nitrogen functional groups attached to an aromatic ring is 1. The van der Waals surface area contributed by atoms with Crippen molar-refractivity contribution in [1.82, 2.24) is 9.80 Å². The van der Waals surface area contributed by atoms with E-state index < -0.39 is 11.5 Å². The fourth-order valence-corrected chi connectivity index (χ4v) is 4.25. The zero-order valence-corrected chi connectivity index (χ0v) is 17.5. The molecule has 6 nitrogen and oxygen atoms in total. The van der Waals surface area contributed by atoms with Gasteiger partial charge in [-0.3, -0.25) is 14.5 Å². The Hall–Kier alpha value is -1.08. The third kappa shape index (κ3) is 3.21. The van der Waals surface area contributed by atoms with E-state index in [0.29, 0.717) is 30.6 Å². The standard InChI is InChI=1S/C18H25N3O3.Na/c1-20(2)18(17(23)24)8-6-11(7-9-18)12-4-5-14(19)15-13(12)10-21(3)16(15)22;/h4-5,11H,6-10,19H2,1-3H3,(H,23,24);. The maximum absolute atomic E-state index is 12.3. The predicted molar refractivity (Wildman–Crippen MR) is 97.7 cm³/mol. The maximum atomic E-state index is 12.3. The van der Waals surface area contributed by atoms with Gasteiger partial charge in [-0.05, 0) is 62.9 Å². The normalized spacial score (nSPS) is 25.7. The van der Waals surface area contributed by atoms with Gasteiger partial charge in [0.25, 0.3) is 5.91 Å². The molecule has 3 rings (SSSR count). The Morgan fingerprint density at radius 2 is 1.92 bits per heavy atom.